The fraction of sp³-hybridized carbons (Fsp3) is 0.357. The van der Waals surface area contributed by atoms with Gasteiger partial charge in [0, 0.05) is 24.1 Å². The smallest absolute Gasteiger partial charge is 0.137 e. The number of pyridine rings is 1. The molecule has 3 heteroatoms. The number of hydrogen-bond acceptors (Lipinski definition) is 2. The van der Waals surface area contributed by atoms with Gasteiger partial charge in [-0.2, -0.15) is 0 Å². The van der Waals surface area contributed by atoms with Gasteiger partial charge in [-0.25, -0.2) is 4.98 Å². The molecule has 0 bridgehead atoms. The zero-order chi connectivity index (χ0) is 12.1. The molecule has 3 nitrogen and oxygen atoms in total. The van der Waals surface area contributed by atoms with Crippen LogP contribution in [-0.2, 0) is 6.54 Å². The van der Waals surface area contributed by atoms with E-state index in [0.29, 0.717) is 0 Å². The molecule has 0 aliphatic rings. The van der Waals surface area contributed by atoms with E-state index in [9.17, 15) is 0 Å². The molecule has 90 valence electrons. The van der Waals surface area contributed by atoms with Gasteiger partial charge in [-0.15, -0.1) is 0 Å². The Kier molecular flexibility index (Phi) is 3.94. The van der Waals surface area contributed by atoms with Gasteiger partial charge in [-0.3, -0.25) is 0 Å². The summed E-state index contributed by atoms with van der Waals surface area (Å²) in [6.45, 7) is 6.12. The Balaban J connectivity index is 2.18. The van der Waals surface area contributed by atoms with Gasteiger partial charge in [0.2, 0.25) is 0 Å². The molecule has 0 radical (unpaired) electrons. The van der Waals surface area contributed by atoms with E-state index in [-0.39, 0.29) is 0 Å². The first kappa shape index (κ1) is 11.9. The van der Waals surface area contributed by atoms with E-state index in [1.54, 1.807) is 0 Å². The molecule has 1 N–H and O–H groups in total. The fourth-order valence-electron chi connectivity index (χ4n) is 1.84. The van der Waals surface area contributed by atoms with Gasteiger partial charge in [0.25, 0.3) is 0 Å². The molecular weight excluding hydrogens is 210 g/mol. The SMILES string of the molecule is CCCNCc1cccn1-c1cccc(C)n1. The van der Waals surface area contributed by atoms with Crippen molar-refractivity contribution in [3.63, 3.8) is 0 Å². The van der Waals surface area contributed by atoms with Crippen LogP contribution in [0.3, 0.4) is 0 Å². The van der Waals surface area contributed by atoms with Gasteiger partial charge in [-0.1, -0.05) is 13.0 Å². The van der Waals surface area contributed by atoms with E-state index in [1.807, 2.05) is 25.1 Å². The lowest BCUT2D eigenvalue weighted by Gasteiger charge is -2.09. The van der Waals surface area contributed by atoms with Gasteiger partial charge in [0.05, 0.1) is 0 Å². The van der Waals surface area contributed by atoms with Crippen LogP contribution >= 0.6 is 0 Å². The third kappa shape index (κ3) is 2.94. The van der Waals surface area contributed by atoms with Crippen molar-refractivity contribution >= 4 is 0 Å². The highest BCUT2D eigenvalue weighted by Gasteiger charge is 2.03. The molecule has 0 saturated heterocycles. The van der Waals surface area contributed by atoms with Crippen LogP contribution in [0.15, 0.2) is 36.5 Å². The Labute approximate surface area is 103 Å². The first-order valence-corrected chi connectivity index (χ1v) is 6.12. The normalized spacial score (nSPS) is 10.7. The summed E-state index contributed by atoms with van der Waals surface area (Å²) < 4.78 is 2.13. The molecule has 0 amide bonds. The quantitative estimate of drug-likeness (QED) is 0.799. The average molecular weight is 229 g/mol. The van der Waals surface area contributed by atoms with E-state index in [2.05, 4.69) is 40.1 Å². The Morgan fingerprint density at radius 1 is 1.24 bits per heavy atom. The summed E-state index contributed by atoms with van der Waals surface area (Å²) in [6, 6.07) is 10.3. The maximum atomic E-state index is 4.54. The van der Waals surface area contributed by atoms with Gasteiger partial charge in [0.1, 0.15) is 5.82 Å². The van der Waals surface area contributed by atoms with Crippen molar-refractivity contribution in [1.29, 1.82) is 0 Å². The molecule has 17 heavy (non-hydrogen) atoms. The van der Waals surface area contributed by atoms with Crippen LogP contribution in [0.4, 0.5) is 0 Å². The predicted octanol–water partition coefficient (Wildman–Crippen LogP) is 2.68. The second-order valence-corrected chi connectivity index (χ2v) is 4.18. The summed E-state index contributed by atoms with van der Waals surface area (Å²) in [6.07, 6.45) is 3.22. The van der Waals surface area contributed by atoms with Crippen molar-refractivity contribution < 1.29 is 0 Å². The van der Waals surface area contributed by atoms with Crippen LogP contribution in [0.5, 0.6) is 0 Å². The minimum atomic E-state index is 0.885. The predicted molar refractivity (Wildman–Crippen MR) is 70.3 cm³/mol. The highest BCUT2D eigenvalue weighted by molar-refractivity contribution is 5.29. The Hall–Kier alpha value is -1.61. The Morgan fingerprint density at radius 3 is 2.88 bits per heavy atom. The highest BCUT2D eigenvalue weighted by Crippen LogP contribution is 2.10. The zero-order valence-corrected chi connectivity index (χ0v) is 10.5. The number of rotatable bonds is 5. The van der Waals surface area contributed by atoms with Gasteiger partial charge in [-0.05, 0) is 44.2 Å². The van der Waals surface area contributed by atoms with Crippen LogP contribution in [0.25, 0.3) is 5.82 Å². The van der Waals surface area contributed by atoms with E-state index in [4.69, 9.17) is 0 Å². The first-order chi connectivity index (χ1) is 8.31. The van der Waals surface area contributed by atoms with E-state index < -0.39 is 0 Å². The van der Waals surface area contributed by atoms with Crippen molar-refractivity contribution in [2.75, 3.05) is 6.54 Å². The van der Waals surface area contributed by atoms with E-state index >= 15 is 0 Å². The second-order valence-electron chi connectivity index (χ2n) is 4.18. The molecule has 0 aliphatic carbocycles. The van der Waals surface area contributed by atoms with Crippen LogP contribution < -0.4 is 5.32 Å². The third-order valence-corrected chi connectivity index (χ3v) is 2.69. The minimum Gasteiger partial charge on any atom is -0.311 e. The highest BCUT2D eigenvalue weighted by atomic mass is 15.1. The zero-order valence-electron chi connectivity index (χ0n) is 10.5. The summed E-state index contributed by atoms with van der Waals surface area (Å²) in [5.41, 5.74) is 2.29. The van der Waals surface area contributed by atoms with Crippen molar-refractivity contribution in [3.05, 3.63) is 47.9 Å². The number of nitrogens with one attached hydrogen (secondary N) is 1. The first-order valence-electron chi connectivity index (χ1n) is 6.12. The number of nitrogens with zero attached hydrogens (tertiary/aromatic N) is 2. The number of aromatic nitrogens is 2. The maximum Gasteiger partial charge on any atom is 0.137 e. The Bertz CT molecular complexity index is 474. The molecule has 2 rings (SSSR count). The lowest BCUT2D eigenvalue weighted by molar-refractivity contribution is 0.654. The average Bonchev–Trinajstić information content (AvgIpc) is 2.78. The lowest BCUT2D eigenvalue weighted by Crippen LogP contribution is -2.16. The molecule has 0 unspecified atom stereocenters. The van der Waals surface area contributed by atoms with E-state index in [0.717, 1.165) is 31.0 Å². The standard InChI is InChI=1S/C14H19N3/c1-3-9-15-11-13-7-5-10-17(13)14-8-4-6-12(2)16-14/h4-8,10,15H,3,9,11H2,1-2H3. The summed E-state index contributed by atoms with van der Waals surface area (Å²) >= 11 is 0. The largest absolute Gasteiger partial charge is 0.311 e. The van der Waals surface area contributed by atoms with Gasteiger partial charge in [0.15, 0.2) is 0 Å². The molecule has 0 saturated carbocycles. The van der Waals surface area contributed by atoms with Gasteiger partial charge >= 0.3 is 0 Å². The van der Waals surface area contributed by atoms with Crippen LogP contribution in [-0.4, -0.2) is 16.1 Å². The maximum absolute atomic E-state index is 4.54. The summed E-state index contributed by atoms with van der Waals surface area (Å²) in [5, 5.41) is 3.41. The second kappa shape index (κ2) is 5.64. The number of hydrogen-bond donors (Lipinski definition) is 1. The van der Waals surface area contributed by atoms with Gasteiger partial charge < -0.3 is 9.88 Å². The summed E-state index contributed by atoms with van der Waals surface area (Å²) in [4.78, 5) is 4.54. The molecule has 0 aliphatic heterocycles. The molecule has 2 heterocycles. The number of aryl methyl sites for hydroxylation is 1. The van der Waals surface area contributed by atoms with Crippen LogP contribution in [0.2, 0.25) is 0 Å². The molecule has 0 atom stereocenters. The molecule has 0 spiro atoms. The summed E-state index contributed by atoms with van der Waals surface area (Å²) in [5.74, 6) is 0.989. The Morgan fingerprint density at radius 2 is 2.12 bits per heavy atom. The molecular formula is C14H19N3. The van der Waals surface area contributed by atoms with Crippen molar-refractivity contribution in [3.8, 4) is 5.82 Å². The molecule has 2 aromatic rings. The summed E-state index contributed by atoms with van der Waals surface area (Å²) in [7, 11) is 0. The molecule has 0 aromatic carbocycles. The third-order valence-electron chi connectivity index (χ3n) is 2.69. The fourth-order valence-corrected chi connectivity index (χ4v) is 1.84. The van der Waals surface area contributed by atoms with Crippen molar-refractivity contribution in [1.82, 2.24) is 14.9 Å². The van der Waals surface area contributed by atoms with Crippen molar-refractivity contribution in [2.45, 2.75) is 26.8 Å². The molecule has 0 fully saturated rings. The lowest BCUT2D eigenvalue weighted by atomic mass is 10.3. The van der Waals surface area contributed by atoms with Crippen molar-refractivity contribution in [2.24, 2.45) is 0 Å². The topological polar surface area (TPSA) is 29.9 Å². The van der Waals surface area contributed by atoms with Crippen LogP contribution in [0, 0.1) is 6.92 Å². The van der Waals surface area contributed by atoms with Crippen LogP contribution in [0.1, 0.15) is 24.7 Å². The van der Waals surface area contributed by atoms with E-state index in [1.165, 1.54) is 5.69 Å². The minimum absolute atomic E-state index is 0.885. The monoisotopic (exact) mass is 229 g/mol. The molecule has 2 aromatic heterocycles.